The standard InChI is InChI=1S/C24H30ClF3N6O4/c25-16-5-7-20(35)18(12-16)32-23(38)19(11-14-1-3-15(4-2-14)24(26,27)28)33-22(37)17(31)6-8-21(36)34(13-30)10-9-29/h1-5,7,12,17,19,35H,6,8-11,13,29-31H2,(H,32,38)(H,33,37)/p+2. The van der Waals surface area contributed by atoms with Gasteiger partial charge in [-0.05, 0) is 35.9 Å². The first-order chi connectivity index (χ1) is 17.8. The van der Waals surface area contributed by atoms with Crippen molar-refractivity contribution in [2.45, 2.75) is 37.5 Å². The van der Waals surface area contributed by atoms with E-state index in [0.717, 1.165) is 12.1 Å². The van der Waals surface area contributed by atoms with Gasteiger partial charge in [0.25, 0.3) is 5.91 Å². The monoisotopic (exact) mass is 560 g/mol. The van der Waals surface area contributed by atoms with E-state index in [2.05, 4.69) is 22.1 Å². The highest BCUT2D eigenvalue weighted by Gasteiger charge is 2.31. The zero-order chi connectivity index (χ0) is 28.5. The zero-order valence-corrected chi connectivity index (χ0v) is 21.3. The smallest absolute Gasteiger partial charge is 0.416 e. The summed E-state index contributed by atoms with van der Waals surface area (Å²) in [6.45, 7) is 0.850. The van der Waals surface area contributed by atoms with E-state index in [1.54, 1.807) is 0 Å². The SMILES string of the molecule is NCN(CC[NH3+])C(=O)CCC([NH3+])C(=O)NC(Cc1ccc(C(F)(F)F)cc1)C(=O)Nc1cc(Cl)ccc1O. The van der Waals surface area contributed by atoms with Crippen molar-refractivity contribution in [2.75, 3.05) is 25.1 Å². The van der Waals surface area contributed by atoms with Gasteiger partial charge in [0.15, 0.2) is 6.04 Å². The van der Waals surface area contributed by atoms with Crippen LogP contribution < -0.4 is 27.8 Å². The van der Waals surface area contributed by atoms with Crippen LogP contribution in [0.15, 0.2) is 42.5 Å². The van der Waals surface area contributed by atoms with E-state index in [1.165, 1.54) is 35.2 Å². The molecule has 3 amide bonds. The van der Waals surface area contributed by atoms with Crippen molar-refractivity contribution in [1.29, 1.82) is 0 Å². The highest BCUT2D eigenvalue weighted by atomic mass is 35.5. The first-order valence-electron chi connectivity index (χ1n) is 11.7. The van der Waals surface area contributed by atoms with Crippen LogP contribution in [0.3, 0.4) is 0 Å². The first kappa shape index (κ1) is 30.8. The van der Waals surface area contributed by atoms with Gasteiger partial charge in [-0.1, -0.05) is 23.7 Å². The van der Waals surface area contributed by atoms with E-state index in [-0.39, 0.29) is 48.3 Å². The fraction of sp³-hybridized carbons (Fsp3) is 0.375. The average molecular weight is 561 g/mol. The molecule has 0 saturated heterocycles. The Morgan fingerprint density at radius 1 is 1.11 bits per heavy atom. The molecular formula is C24H32ClF3N6O4+2. The Labute approximate surface area is 222 Å². The summed E-state index contributed by atoms with van der Waals surface area (Å²) < 4.78 is 38.8. The molecule has 0 spiro atoms. The lowest BCUT2D eigenvalue weighted by molar-refractivity contribution is -0.405. The Hall–Kier alpha value is -3.39. The van der Waals surface area contributed by atoms with Gasteiger partial charge in [0.2, 0.25) is 11.8 Å². The van der Waals surface area contributed by atoms with Crippen molar-refractivity contribution in [3.8, 4) is 5.75 Å². The van der Waals surface area contributed by atoms with Gasteiger partial charge in [-0.2, -0.15) is 13.2 Å². The Balaban J connectivity index is 2.17. The van der Waals surface area contributed by atoms with Crippen LogP contribution in [0.4, 0.5) is 18.9 Å². The van der Waals surface area contributed by atoms with Gasteiger partial charge in [0, 0.05) is 24.3 Å². The second kappa shape index (κ2) is 14.0. The summed E-state index contributed by atoms with van der Waals surface area (Å²) in [6, 6.07) is 5.98. The van der Waals surface area contributed by atoms with Crippen LogP contribution in [0.5, 0.6) is 5.75 Å². The molecule has 0 aliphatic rings. The van der Waals surface area contributed by atoms with Crippen LogP contribution in [0.25, 0.3) is 0 Å². The minimum absolute atomic E-state index is 0.00802. The predicted octanol–water partition coefficient (Wildman–Crippen LogP) is 0.108. The topological polar surface area (TPSA) is 180 Å². The fourth-order valence-electron chi connectivity index (χ4n) is 3.49. The van der Waals surface area contributed by atoms with Crippen LogP contribution in [0, 0.1) is 0 Å². The molecule has 0 fully saturated rings. The maximum Gasteiger partial charge on any atom is 0.416 e. The van der Waals surface area contributed by atoms with Crippen LogP contribution in [0.2, 0.25) is 5.02 Å². The number of aromatic hydroxyl groups is 1. The van der Waals surface area contributed by atoms with E-state index in [9.17, 15) is 32.7 Å². The van der Waals surface area contributed by atoms with E-state index >= 15 is 0 Å². The van der Waals surface area contributed by atoms with Gasteiger partial charge in [-0.3, -0.25) is 14.4 Å². The van der Waals surface area contributed by atoms with E-state index in [1.807, 2.05) is 0 Å². The summed E-state index contributed by atoms with van der Waals surface area (Å²) >= 11 is 5.93. The van der Waals surface area contributed by atoms with Gasteiger partial charge in [0.05, 0.1) is 31.0 Å². The number of amides is 3. The molecule has 0 aliphatic carbocycles. The van der Waals surface area contributed by atoms with Gasteiger partial charge < -0.3 is 37.8 Å². The Bertz CT molecular complexity index is 1120. The summed E-state index contributed by atoms with van der Waals surface area (Å²) in [5.41, 5.74) is 12.5. The number of hydrogen-bond donors (Lipinski definition) is 6. The minimum Gasteiger partial charge on any atom is -0.506 e. The van der Waals surface area contributed by atoms with Gasteiger partial charge in [-0.15, -0.1) is 0 Å². The normalized spacial score (nSPS) is 12.9. The number of nitrogens with zero attached hydrogens (tertiary/aromatic N) is 1. The molecule has 2 atom stereocenters. The maximum absolute atomic E-state index is 13.1. The Morgan fingerprint density at radius 3 is 2.34 bits per heavy atom. The number of nitrogens with one attached hydrogen (secondary N) is 2. The fourth-order valence-corrected chi connectivity index (χ4v) is 3.66. The quantitative estimate of drug-likeness (QED) is 0.159. The molecule has 2 unspecified atom stereocenters. The van der Waals surface area contributed by atoms with Crippen molar-refractivity contribution in [3.63, 3.8) is 0 Å². The summed E-state index contributed by atoms with van der Waals surface area (Å²) in [5, 5.41) is 15.3. The van der Waals surface area contributed by atoms with E-state index in [0.29, 0.717) is 18.7 Å². The van der Waals surface area contributed by atoms with Crippen molar-refractivity contribution in [1.82, 2.24) is 10.2 Å². The molecule has 208 valence electrons. The molecule has 0 bridgehead atoms. The molecule has 0 aromatic heterocycles. The molecule has 14 heteroatoms. The molecule has 0 heterocycles. The molecule has 2 aromatic rings. The molecule has 10 nitrogen and oxygen atoms in total. The van der Waals surface area contributed by atoms with Crippen molar-refractivity contribution in [3.05, 3.63) is 58.6 Å². The maximum atomic E-state index is 13.1. The largest absolute Gasteiger partial charge is 0.506 e. The third-order valence-corrected chi connectivity index (χ3v) is 5.88. The number of halogens is 4. The lowest BCUT2D eigenvalue weighted by atomic mass is 10.0. The summed E-state index contributed by atoms with van der Waals surface area (Å²) in [6.07, 6.45) is -4.63. The zero-order valence-electron chi connectivity index (χ0n) is 20.6. The molecule has 2 aromatic carbocycles. The molecule has 38 heavy (non-hydrogen) atoms. The summed E-state index contributed by atoms with van der Waals surface area (Å²) in [5.74, 6) is -1.93. The number of anilines is 1. The number of rotatable bonds is 12. The van der Waals surface area contributed by atoms with Crippen LogP contribution in [-0.2, 0) is 27.0 Å². The first-order valence-corrected chi connectivity index (χ1v) is 12.1. The second-order valence-electron chi connectivity index (χ2n) is 8.54. The number of quaternary nitrogens is 2. The molecule has 2 rings (SSSR count). The van der Waals surface area contributed by atoms with Crippen molar-refractivity contribution in [2.24, 2.45) is 5.73 Å². The van der Waals surface area contributed by atoms with E-state index in [4.69, 9.17) is 17.3 Å². The average Bonchev–Trinajstić information content (AvgIpc) is 2.87. The highest BCUT2D eigenvalue weighted by molar-refractivity contribution is 6.31. The number of nitrogens with two attached hydrogens (primary N) is 1. The summed E-state index contributed by atoms with van der Waals surface area (Å²) in [4.78, 5) is 39.6. The highest BCUT2D eigenvalue weighted by Crippen LogP contribution is 2.29. The van der Waals surface area contributed by atoms with Crippen LogP contribution in [0.1, 0.15) is 24.0 Å². The molecule has 0 aliphatic heterocycles. The Morgan fingerprint density at radius 2 is 1.76 bits per heavy atom. The number of carbonyl (C=O) groups excluding carboxylic acids is 3. The second-order valence-corrected chi connectivity index (χ2v) is 8.98. The predicted molar refractivity (Wildman–Crippen MR) is 133 cm³/mol. The van der Waals surface area contributed by atoms with Gasteiger partial charge in [0.1, 0.15) is 11.8 Å². The lowest BCUT2D eigenvalue weighted by Gasteiger charge is -2.21. The third-order valence-electron chi connectivity index (χ3n) is 5.65. The van der Waals surface area contributed by atoms with Crippen molar-refractivity contribution < 1.29 is 44.1 Å². The number of hydrogen-bond acceptors (Lipinski definition) is 5. The van der Waals surface area contributed by atoms with Crippen LogP contribution in [-0.4, -0.2) is 59.6 Å². The van der Waals surface area contributed by atoms with Gasteiger partial charge >= 0.3 is 6.18 Å². The number of phenols is 1. The molecular weight excluding hydrogens is 529 g/mol. The number of benzene rings is 2. The number of alkyl halides is 3. The van der Waals surface area contributed by atoms with Crippen molar-refractivity contribution >= 4 is 35.0 Å². The van der Waals surface area contributed by atoms with Crippen LogP contribution >= 0.6 is 11.6 Å². The number of phenolic OH excluding ortho intramolecular Hbond substituents is 1. The summed E-state index contributed by atoms with van der Waals surface area (Å²) in [7, 11) is 0. The molecule has 11 N–H and O–H groups in total. The molecule has 0 radical (unpaired) electrons. The third kappa shape index (κ3) is 9.17. The molecule has 0 saturated carbocycles. The van der Waals surface area contributed by atoms with Gasteiger partial charge in [-0.25, -0.2) is 0 Å². The lowest BCUT2D eigenvalue weighted by Crippen LogP contribution is -2.69. The van der Waals surface area contributed by atoms with E-state index < -0.39 is 35.6 Å². The minimum atomic E-state index is -4.53. The number of carbonyl (C=O) groups is 3. The Kier molecular flexibility index (Phi) is 11.3.